The van der Waals surface area contributed by atoms with Crippen LogP contribution in [0.25, 0.3) is 0 Å². The van der Waals surface area contributed by atoms with Crippen molar-refractivity contribution in [1.29, 1.82) is 0 Å². The van der Waals surface area contributed by atoms with Crippen LogP contribution in [0.1, 0.15) is 12.0 Å². The minimum absolute atomic E-state index is 0.163. The van der Waals surface area contributed by atoms with Gasteiger partial charge in [0, 0.05) is 6.42 Å². The van der Waals surface area contributed by atoms with E-state index in [1.165, 1.54) is 24.3 Å². The summed E-state index contributed by atoms with van der Waals surface area (Å²) in [5, 5.41) is 9.39. The molecule has 0 saturated heterocycles. The predicted octanol–water partition coefficient (Wildman–Crippen LogP) is 4.52. The summed E-state index contributed by atoms with van der Waals surface area (Å²) in [4.78, 5) is 11.5. The molecule has 1 N–H and O–H groups in total. The van der Waals surface area contributed by atoms with Gasteiger partial charge in [0.05, 0.1) is 0 Å². The van der Waals surface area contributed by atoms with Crippen LogP contribution in [0.15, 0.2) is 48.5 Å². The Morgan fingerprint density at radius 2 is 1.50 bits per heavy atom. The molecule has 6 heteroatoms. The van der Waals surface area contributed by atoms with Crippen LogP contribution in [0.5, 0.6) is 11.5 Å². The molecule has 1 atom stereocenters. The molecule has 1 aliphatic carbocycles. The molecular formula is C16H11Cl2FO3. The zero-order chi connectivity index (χ0) is 16.0. The van der Waals surface area contributed by atoms with Crippen molar-refractivity contribution in [1.82, 2.24) is 0 Å². The molecular weight excluding hydrogens is 330 g/mol. The number of hydrogen-bond acceptors (Lipinski definition) is 2. The SMILES string of the molecule is O=C(O)C1(c2ccc(Oc3ccc(F)cc3)cc2)CC1(Cl)Cl. The van der Waals surface area contributed by atoms with Gasteiger partial charge in [0.15, 0.2) is 0 Å². The number of ether oxygens (including phenoxy) is 1. The third kappa shape index (κ3) is 2.42. The molecule has 0 radical (unpaired) electrons. The minimum atomic E-state index is -1.29. The summed E-state index contributed by atoms with van der Waals surface area (Å²) in [5.41, 5.74) is -0.749. The van der Waals surface area contributed by atoms with Crippen LogP contribution >= 0.6 is 23.2 Å². The molecule has 22 heavy (non-hydrogen) atoms. The summed E-state index contributed by atoms with van der Waals surface area (Å²) in [5.74, 6) is -0.408. The fraction of sp³-hybridized carbons (Fsp3) is 0.188. The fourth-order valence-electron chi connectivity index (χ4n) is 2.40. The Hall–Kier alpha value is -1.78. The summed E-state index contributed by atoms with van der Waals surface area (Å²) < 4.78 is 17.1. The zero-order valence-electron chi connectivity index (χ0n) is 11.2. The molecule has 3 rings (SSSR count). The van der Waals surface area contributed by atoms with Gasteiger partial charge in [0.1, 0.15) is 27.1 Å². The first-order chi connectivity index (χ1) is 10.3. The van der Waals surface area contributed by atoms with E-state index in [2.05, 4.69) is 0 Å². The molecule has 0 heterocycles. The molecule has 0 bridgehead atoms. The van der Waals surface area contributed by atoms with Crippen molar-refractivity contribution < 1.29 is 19.0 Å². The Balaban J connectivity index is 1.82. The van der Waals surface area contributed by atoms with Crippen molar-refractivity contribution in [3.8, 4) is 11.5 Å². The van der Waals surface area contributed by atoms with Gasteiger partial charge in [-0.3, -0.25) is 4.79 Å². The summed E-state index contributed by atoms with van der Waals surface area (Å²) in [6.07, 6.45) is 0.163. The number of rotatable bonds is 4. The summed E-state index contributed by atoms with van der Waals surface area (Å²) in [6.45, 7) is 0. The summed E-state index contributed by atoms with van der Waals surface area (Å²) in [6, 6.07) is 12.1. The van der Waals surface area contributed by atoms with Gasteiger partial charge < -0.3 is 9.84 Å². The van der Waals surface area contributed by atoms with E-state index in [1.54, 1.807) is 24.3 Å². The highest BCUT2D eigenvalue weighted by Gasteiger charge is 2.72. The van der Waals surface area contributed by atoms with Crippen molar-refractivity contribution in [2.45, 2.75) is 16.2 Å². The van der Waals surface area contributed by atoms with Crippen molar-refractivity contribution >= 4 is 29.2 Å². The molecule has 1 unspecified atom stereocenters. The van der Waals surface area contributed by atoms with Crippen LogP contribution < -0.4 is 4.74 Å². The van der Waals surface area contributed by atoms with Crippen molar-refractivity contribution in [3.05, 3.63) is 59.9 Å². The van der Waals surface area contributed by atoms with Crippen molar-refractivity contribution in [2.75, 3.05) is 0 Å². The lowest BCUT2D eigenvalue weighted by atomic mass is 9.96. The molecule has 0 aromatic heterocycles. The maximum atomic E-state index is 12.8. The van der Waals surface area contributed by atoms with E-state index >= 15 is 0 Å². The molecule has 2 aromatic carbocycles. The molecule has 0 amide bonds. The standard InChI is InChI=1S/C16H11Cl2FO3/c17-16(18)9-15(16,14(20)21)10-1-5-12(6-2-10)22-13-7-3-11(19)4-8-13/h1-8H,9H2,(H,20,21). The van der Waals surface area contributed by atoms with Crippen LogP contribution in [-0.2, 0) is 10.2 Å². The quantitative estimate of drug-likeness (QED) is 0.832. The van der Waals surface area contributed by atoms with E-state index in [9.17, 15) is 14.3 Å². The topological polar surface area (TPSA) is 46.5 Å². The Bertz CT molecular complexity index is 713. The minimum Gasteiger partial charge on any atom is -0.480 e. The normalized spacial score (nSPS) is 22.1. The van der Waals surface area contributed by atoms with E-state index in [0.717, 1.165) is 0 Å². The maximum absolute atomic E-state index is 12.8. The molecule has 114 valence electrons. The van der Waals surface area contributed by atoms with Gasteiger partial charge in [-0.25, -0.2) is 4.39 Å². The van der Waals surface area contributed by atoms with Crippen LogP contribution in [0.4, 0.5) is 4.39 Å². The van der Waals surface area contributed by atoms with Gasteiger partial charge >= 0.3 is 5.97 Å². The van der Waals surface area contributed by atoms with Gasteiger partial charge in [-0.1, -0.05) is 35.3 Å². The number of hydrogen-bond donors (Lipinski definition) is 1. The number of carboxylic acid groups (broad SMARTS) is 1. The van der Waals surface area contributed by atoms with Gasteiger partial charge in [-0.2, -0.15) is 0 Å². The number of carbonyl (C=O) groups is 1. The van der Waals surface area contributed by atoms with E-state index in [-0.39, 0.29) is 12.2 Å². The zero-order valence-corrected chi connectivity index (χ0v) is 12.7. The second-order valence-corrected chi connectivity index (χ2v) is 6.66. The molecule has 1 aliphatic rings. The number of alkyl halides is 2. The summed E-state index contributed by atoms with van der Waals surface area (Å²) in [7, 11) is 0. The first-order valence-corrected chi connectivity index (χ1v) is 7.26. The third-order valence-corrected chi connectivity index (χ3v) is 4.66. The Labute approximate surface area is 136 Å². The smallest absolute Gasteiger partial charge is 0.317 e. The largest absolute Gasteiger partial charge is 0.480 e. The highest BCUT2D eigenvalue weighted by Crippen LogP contribution is 2.65. The molecule has 0 aliphatic heterocycles. The van der Waals surface area contributed by atoms with Crippen LogP contribution in [0.2, 0.25) is 0 Å². The number of carboxylic acids is 1. The second kappa shape index (κ2) is 5.14. The summed E-state index contributed by atoms with van der Waals surface area (Å²) >= 11 is 12.0. The molecule has 1 saturated carbocycles. The predicted molar refractivity (Wildman–Crippen MR) is 81.3 cm³/mol. The fourth-order valence-corrected chi connectivity index (χ4v) is 3.18. The van der Waals surface area contributed by atoms with E-state index in [0.29, 0.717) is 17.1 Å². The van der Waals surface area contributed by atoms with Crippen LogP contribution in [0, 0.1) is 5.82 Å². The van der Waals surface area contributed by atoms with Gasteiger partial charge in [-0.15, -0.1) is 0 Å². The van der Waals surface area contributed by atoms with E-state index in [4.69, 9.17) is 27.9 Å². The van der Waals surface area contributed by atoms with Gasteiger partial charge in [0.25, 0.3) is 0 Å². The number of benzene rings is 2. The number of aliphatic carboxylic acids is 1. The van der Waals surface area contributed by atoms with Gasteiger partial charge in [-0.05, 0) is 42.0 Å². The third-order valence-electron chi connectivity index (χ3n) is 3.75. The molecule has 0 spiro atoms. The Kier molecular flexibility index (Phi) is 3.54. The van der Waals surface area contributed by atoms with E-state index < -0.39 is 15.7 Å². The van der Waals surface area contributed by atoms with Crippen LogP contribution in [0.3, 0.4) is 0 Å². The number of halogens is 3. The Morgan fingerprint density at radius 1 is 1.05 bits per heavy atom. The highest BCUT2D eigenvalue weighted by molar-refractivity contribution is 6.54. The Morgan fingerprint density at radius 3 is 1.91 bits per heavy atom. The lowest BCUT2D eigenvalue weighted by molar-refractivity contribution is -0.140. The van der Waals surface area contributed by atoms with Gasteiger partial charge in [0.2, 0.25) is 0 Å². The van der Waals surface area contributed by atoms with Crippen LogP contribution in [-0.4, -0.2) is 15.4 Å². The van der Waals surface area contributed by atoms with Crippen molar-refractivity contribution in [3.63, 3.8) is 0 Å². The molecule has 1 fully saturated rings. The second-order valence-electron chi connectivity index (χ2n) is 5.17. The lowest BCUT2D eigenvalue weighted by Crippen LogP contribution is -2.26. The molecule has 3 nitrogen and oxygen atoms in total. The monoisotopic (exact) mass is 340 g/mol. The molecule has 2 aromatic rings. The highest BCUT2D eigenvalue weighted by atomic mass is 35.5. The van der Waals surface area contributed by atoms with E-state index in [1.807, 2.05) is 0 Å². The van der Waals surface area contributed by atoms with Crippen molar-refractivity contribution in [2.24, 2.45) is 0 Å². The lowest BCUT2D eigenvalue weighted by Gasteiger charge is -2.14. The average molecular weight is 341 g/mol. The maximum Gasteiger partial charge on any atom is 0.317 e. The first-order valence-electron chi connectivity index (χ1n) is 6.50. The first kappa shape index (κ1) is 15.1. The average Bonchev–Trinajstić information content (AvgIpc) is 3.07.